The van der Waals surface area contributed by atoms with Gasteiger partial charge in [0.25, 0.3) is 0 Å². The van der Waals surface area contributed by atoms with Gasteiger partial charge in [-0.15, -0.1) is 0 Å². The summed E-state index contributed by atoms with van der Waals surface area (Å²) in [7, 11) is 1.64. The van der Waals surface area contributed by atoms with Crippen LogP contribution in [0, 0.1) is 0 Å². The second kappa shape index (κ2) is 3.31. The van der Waals surface area contributed by atoms with Crippen LogP contribution in [0.5, 0.6) is 5.75 Å². The third-order valence-electron chi connectivity index (χ3n) is 1.81. The average Bonchev–Trinajstić information content (AvgIpc) is 2.71. The number of hydrogen-bond acceptors (Lipinski definition) is 3. The van der Waals surface area contributed by atoms with E-state index in [9.17, 15) is 0 Å². The first-order valence-electron chi connectivity index (χ1n) is 3.93. The Morgan fingerprint density at radius 3 is 2.54 bits per heavy atom. The molecule has 0 bridgehead atoms. The summed E-state index contributed by atoms with van der Waals surface area (Å²) in [6.07, 6.45) is 3.10. The lowest BCUT2D eigenvalue weighted by molar-refractivity contribution is 0.415. The molecule has 0 aliphatic carbocycles. The maximum atomic E-state index is 5.14. The van der Waals surface area contributed by atoms with Gasteiger partial charge in [0.15, 0.2) is 12.2 Å². The van der Waals surface area contributed by atoms with Crippen LogP contribution in [-0.2, 0) is 0 Å². The van der Waals surface area contributed by atoms with E-state index in [0.29, 0.717) is 0 Å². The maximum Gasteiger partial charge on any atom is 0.181 e. The molecule has 2 rings (SSSR count). The lowest BCUT2D eigenvalue weighted by atomic mass is 10.2. The molecule has 0 saturated carbocycles. The average molecular weight is 175 g/mol. The molecule has 0 radical (unpaired) electrons. The molecule has 1 aromatic carbocycles. The molecule has 0 N–H and O–H groups in total. The summed E-state index contributed by atoms with van der Waals surface area (Å²) in [5.74, 6) is 1.60. The fourth-order valence-corrected chi connectivity index (χ4v) is 1.11. The third kappa shape index (κ3) is 1.54. The van der Waals surface area contributed by atoms with E-state index in [4.69, 9.17) is 9.15 Å². The Morgan fingerprint density at radius 2 is 2.00 bits per heavy atom. The van der Waals surface area contributed by atoms with E-state index < -0.39 is 0 Å². The van der Waals surface area contributed by atoms with Crippen LogP contribution in [0.25, 0.3) is 11.3 Å². The summed E-state index contributed by atoms with van der Waals surface area (Å²) in [4.78, 5) is 3.84. The molecule has 3 nitrogen and oxygen atoms in total. The summed E-state index contributed by atoms with van der Waals surface area (Å²) in [5, 5.41) is 0. The van der Waals surface area contributed by atoms with Gasteiger partial charge in [-0.2, -0.15) is 0 Å². The van der Waals surface area contributed by atoms with Crippen molar-refractivity contribution >= 4 is 0 Å². The van der Waals surface area contributed by atoms with Crippen molar-refractivity contribution in [3.63, 3.8) is 0 Å². The number of oxazole rings is 1. The van der Waals surface area contributed by atoms with Crippen molar-refractivity contribution in [2.24, 2.45) is 0 Å². The van der Waals surface area contributed by atoms with E-state index in [2.05, 4.69) is 4.98 Å². The number of rotatable bonds is 2. The van der Waals surface area contributed by atoms with E-state index in [0.717, 1.165) is 17.1 Å². The molecule has 0 aliphatic rings. The topological polar surface area (TPSA) is 35.3 Å². The molecule has 2 aromatic rings. The largest absolute Gasteiger partial charge is 0.497 e. The number of ether oxygens (including phenoxy) is 1. The Labute approximate surface area is 76.0 Å². The van der Waals surface area contributed by atoms with Crippen LogP contribution in [0.4, 0.5) is 0 Å². The minimum absolute atomic E-state index is 0.766. The van der Waals surface area contributed by atoms with Gasteiger partial charge in [-0.05, 0) is 24.3 Å². The third-order valence-corrected chi connectivity index (χ3v) is 1.81. The molecule has 1 heterocycles. The highest BCUT2D eigenvalue weighted by atomic mass is 16.5. The molecular formula is C10H9NO2. The van der Waals surface area contributed by atoms with Gasteiger partial charge in [-0.1, -0.05) is 0 Å². The second-order valence-corrected chi connectivity index (χ2v) is 2.59. The molecule has 66 valence electrons. The Bertz CT molecular complexity index is 364. The van der Waals surface area contributed by atoms with Gasteiger partial charge >= 0.3 is 0 Å². The van der Waals surface area contributed by atoms with Crippen LogP contribution in [-0.4, -0.2) is 12.1 Å². The van der Waals surface area contributed by atoms with Crippen molar-refractivity contribution < 1.29 is 9.15 Å². The molecule has 0 unspecified atom stereocenters. The normalized spacial score (nSPS) is 9.92. The molecule has 0 fully saturated rings. The molecule has 0 spiro atoms. The van der Waals surface area contributed by atoms with Crippen LogP contribution in [0.3, 0.4) is 0 Å². The van der Waals surface area contributed by atoms with E-state index in [1.54, 1.807) is 13.3 Å². The first-order chi connectivity index (χ1) is 6.40. The van der Waals surface area contributed by atoms with Gasteiger partial charge in [0.05, 0.1) is 13.3 Å². The summed E-state index contributed by atoms with van der Waals surface area (Å²) < 4.78 is 10.2. The Hall–Kier alpha value is -1.77. The van der Waals surface area contributed by atoms with E-state index in [1.807, 2.05) is 24.3 Å². The zero-order valence-corrected chi connectivity index (χ0v) is 7.23. The van der Waals surface area contributed by atoms with Crippen molar-refractivity contribution in [1.82, 2.24) is 4.98 Å². The summed E-state index contributed by atoms with van der Waals surface area (Å²) in [6, 6.07) is 7.63. The smallest absolute Gasteiger partial charge is 0.181 e. The standard InChI is InChI=1S/C10H9NO2/c1-12-9-4-2-8(3-5-9)10-6-11-7-13-10/h2-7H,1H3. The molecule has 0 saturated heterocycles. The minimum atomic E-state index is 0.766. The van der Waals surface area contributed by atoms with E-state index in [1.165, 1.54) is 6.39 Å². The Kier molecular flexibility index (Phi) is 2.00. The highest BCUT2D eigenvalue weighted by molar-refractivity contribution is 5.57. The van der Waals surface area contributed by atoms with Crippen LogP contribution in [0.15, 0.2) is 41.3 Å². The molecule has 13 heavy (non-hydrogen) atoms. The summed E-state index contributed by atoms with van der Waals surface area (Å²) in [6.45, 7) is 0. The second-order valence-electron chi connectivity index (χ2n) is 2.59. The molecule has 0 aliphatic heterocycles. The predicted molar refractivity (Wildman–Crippen MR) is 48.5 cm³/mol. The van der Waals surface area contributed by atoms with Crippen LogP contribution in [0.1, 0.15) is 0 Å². The van der Waals surface area contributed by atoms with E-state index in [-0.39, 0.29) is 0 Å². The number of methoxy groups -OCH3 is 1. The lowest BCUT2D eigenvalue weighted by Gasteiger charge is -1.99. The Morgan fingerprint density at radius 1 is 1.23 bits per heavy atom. The number of hydrogen-bond donors (Lipinski definition) is 0. The first-order valence-corrected chi connectivity index (χ1v) is 3.93. The monoisotopic (exact) mass is 175 g/mol. The van der Waals surface area contributed by atoms with Crippen LogP contribution < -0.4 is 4.74 Å². The number of aromatic nitrogens is 1. The highest BCUT2D eigenvalue weighted by Crippen LogP contribution is 2.21. The molecule has 3 heteroatoms. The molecule has 1 aromatic heterocycles. The lowest BCUT2D eigenvalue weighted by Crippen LogP contribution is -1.81. The fourth-order valence-electron chi connectivity index (χ4n) is 1.11. The van der Waals surface area contributed by atoms with Crippen molar-refractivity contribution in [1.29, 1.82) is 0 Å². The first kappa shape index (κ1) is 7.86. The zero-order chi connectivity index (χ0) is 9.10. The maximum absolute atomic E-state index is 5.14. The predicted octanol–water partition coefficient (Wildman–Crippen LogP) is 2.35. The van der Waals surface area contributed by atoms with Gasteiger partial charge in [0.1, 0.15) is 5.75 Å². The highest BCUT2D eigenvalue weighted by Gasteiger charge is 2.00. The van der Waals surface area contributed by atoms with E-state index >= 15 is 0 Å². The summed E-state index contributed by atoms with van der Waals surface area (Å²) in [5.41, 5.74) is 0.998. The van der Waals surface area contributed by atoms with Crippen molar-refractivity contribution in [3.05, 3.63) is 36.9 Å². The van der Waals surface area contributed by atoms with Crippen molar-refractivity contribution in [2.45, 2.75) is 0 Å². The molecular weight excluding hydrogens is 166 g/mol. The van der Waals surface area contributed by atoms with Gasteiger partial charge in [-0.3, -0.25) is 0 Å². The van der Waals surface area contributed by atoms with Crippen LogP contribution >= 0.6 is 0 Å². The zero-order valence-electron chi connectivity index (χ0n) is 7.23. The van der Waals surface area contributed by atoms with Crippen molar-refractivity contribution in [3.8, 4) is 17.1 Å². The Balaban J connectivity index is 2.33. The van der Waals surface area contributed by atoms with Crippen LogP contribution in [0.2, 0.25) is 0 Å². The van der Waals surface area contributed by atoms with Gasteiger partial charge in [-0.25, -0.2) is 4.98 Å². The quantitative estimate of drug-likeness (QED) is 0.702. The number of benzene rings is 1. The SMILES string of the molecule is COc1ccc(-c2cnco2)cc1. The molecule has 0 atom stereocenters. The van der Waals surface area contributed by atoms with Gasteiger partial charge < -0.3 is 9.15 Å². The summed E-state index contributed by atoms with van der Waals surface area (Å²) >= 11 is 0. The van der Waals surface area contributed by atoms with Crippen molar-refractivity contribution in [2.75, 3.05) is 7.11 Å². The minimum Gasteiger partial charge on any atom is -0.497 e. The molecule has 0 amide bonds. The van der Waals surface area contributed by atoms with Gasteiger partial charge in [0.2, 0.25) is 0 Å². The number of nitrogens with zero attached hydrogens (tertiary/aromatic N) is 1. The van der Waals surface area contributed by atoms with Gasteiger partial charge in [0, 0.05) is 5.56 Å². The fraction of sp³-hybridized carbons (Fsp3) is 0.100.